The van der Waals surface area contributed by atoms with Crippen LogP contribution in [-0.4, -0.2) is 35.8 Å². The molecule has 0 saturated carbocycles. The fraction of sp³-hybridized carbons (Fsp3) is 0.146. The van der Waals surface area contributed by atoms with Crippen molar-refractivity contribution in [3.05, 3.63) is 181 Å². The molecular formula is C41H42B2N5O5+4. The highest BCUT2D eigenvalue weighted by Crippen LogP contribution is 2.18. The zero-order valence-corrected chi connectivity index (χ0v) is 29.6. The third-order valence-corrected chi connectivity index (χ3v) is 8.65. The third-order valence-electron chi connectivity index (χ3n) is 8.65. The second-order valence-electron chi connectivity index (χ2n) is 13.1. The predicted molar refractivity (Wildman–Crippen MR) is 200 cm³/mol. The zero-order chi connectivity index (χ0) is 37.2. The highest BCUT2D eigenvalue weighted by Gasteiger charge is 2.17. The van der Waals surface area contributed by atoms with Crippen molar-refractivity contribution in [1.29, 1.82) is 0 Å². The summed E-state index contributed by atoms with van der Waals surface area (Å²) in [5.41, 5.74) is 8.38. The summed E-state index contributed by atoms with van der Waals surface area (Å²) in [5.74, 6) is 0.366. The number of carbonyl (C=O) groups is 1. The Kier molecular flexibility index (Phi) is 12.2. The maximum Gasteiger partial charge on any atom is 0.569 e. The van der Waals surface area contributed by atoms with Crippen LogP contribution in [0.4, 0.5) is 0 Å². The number of nitrogens with zero attached hydrogens (tertiary/aromatic N) is 4. The normalized spacial score (nSPS) is 10.8. The molecule has 0 aliphatic heterocycles. The first-order chi connectivity index (χ1) is 25.7. The molecule has 0 spiro atoms. The van der Waals surface area contributed by atoms with Crippen molar-refractivity contribution in [2.45, 2.75) is 39.6 Å². The Hall–Kier alpha value is -5.94. The molecule has 2 aromatic carbocycles. The number of hydrogen-bond acceptors (Lipinski definition) is 5. The Morgan fingerprint density at radius 1 is 0.679 bits per heavy atom. The molecule has 6 aromatic rings. The summed E-state index contributed by atoms with van der Waals surface area (Å²) in [6.07, 6.45) is 15.8. The number of pyridine rings is 4. The SMILES string of the molecule is C=C(C)C(=O)NCc1cc(-c2ccc[n+](Cc3cccc(C[n+]4cccc(O[B]O)c4)c3)c2)c[n+](Cc2cccc(C[n+]3cccc(B(O)O)c3)c2)c1. The van der Waals surface area contributed by atoms with Crippen molar-refractivity contribution < 1.29 is 42.8 Å². The Balaban J connectivity index is 1.23. The van der Waals surface area contributed by atoms with Crippen molar-refractivity contribution in [1.82, 2.24) is 5.32 Å². The number of carbonyl (C=O) groups excluding carboxylic acids is 1. The lowest BCUT2D eigenvalue weighted by atomic mass is 9.82. The molecular weight excluding hydrogens is 664 g/mol. The predicted octanol–water partition coefficient (Wildman–Crippen LogP) is 1.47. The lowest BCUT2D eigenvalue weighted by Crippen LogP contribution is -2.42. The van der Waals surface area contributed by atoms with Crippen LogP contribution < -0.4 is 33.7 Å². The Bertz CT molecular complexity index is 2230. The summed E-state index contributed by atoms with van der Waals surface area (Å²) in [6, 6.07) is 30.2. The number of benzene rings is 2. The van der Waals surface area contributed by atoms with Gasteiger partial charge in [0.15, 0.2) is 75.3 Å². The van der Waals surface area contributed by atoms with Crippen LogP contribution in [0.1, 0.15) is 34.7 Å². The molecule has 53 heavy (non-hydrogen) atoms. The van der Waals surface area contributed by atoms with E-state index in [1.165, 1.54) is 0 Å². The molecule has 0 fully saturated rings. The first-order valence-electron chi connectivity index (χ1n) is 17.3. The summed E-state index contributed by atoms with van der Waals surface area (Å²) in [6.45, 7) is 8.34. The smallest absolute Gasteiger partial charge is 0.533 e. The van der Waals surface area contributed by atoms with Gasteiger partial charge in [0.05, 0.1) is 11.1 Å². The molecule has 6 rings (SSSR count). The van der Waals surface area contributed by atoms with E-state index in [1.807, 2.05) is 45.9 Å². The first kappa shape index (κ1) is 36.8. The van der Waals surface area contributed by atoms with Crippen LogP contribution in [-0.2, 0) is 37.5 Å². The lowest BCUT2D eigenvalue weighted by Gasteiger charge is -2.08. The summed E-state index contributed by atoms with van der Waals surface area (Å²) < 4.78 is 13.4. The molecule has 0 aliphatic carbocycles. The summed E-state index contributed by atoms with van der Waals surface area (Å²) in [5, 5.41) is 31.2. The molecule has 0 aliphatic rings. The van der Waals surface area contributed by atoms with E-state index in [1.54, 1.807) is 31.3 Å². The van der Waals surface area contributed by atoms with Gasteiger partial charge >= 0.3 is 14.8 Å². The summed E-state index contributed by atoms with van der Waals surface area (Å²) >= 11 is 0. The van der Waals surface area contributed by atoms with Gasteiger partial charge in [0.25, 0.3) is 0 Å². The van der Waals surface area contributed by atoms with E-state index in [0.29, 0.717) is 57.2 Å². The molecule has 1 amide bonds. The van der Waals surface area contributed by atoms with Gasteiger partial charge in [0.1, 0.15) is 0 Å². The van der Waals surface area contributed by atoms with Gasteiger partial charge in [-0.15, -0.1) is 0 Å². The quantitative estimate of drug-likeness (QED) is 0.0735. The second-order valence-corrected chi connectivity index (χ2v) is 13.1. The molecule has 0 atom stereocenters. The highest BCUT2D eigenvalue weighted by molar-refractivity contribution is 6.58. The van der Waals surface area contributed by atoms with Gasteiger partial charge in [0.2, 0.25) is 12.1 Å². The third kappa shape index (κ3) is 10.6. The van der Waals surface area contributed by atoms with Crippen molar-refractivity contribution in [3.63, 3.8) is 0 Å². The van der Waals surface area contributed by atoms with Crippen molar-refractivity contribution in [2.75, 3.05) is 0 Å². The molecule has 263 valence electrons. The van der Waals surface area contributed by atoms with Gasteiger partial charge in [-0.3, -0.25) is 4.79 Å². The van der Waals surface area contributed by atoms with Crippen LogP contribution >= 0.6 is 0 Å². The Morgan fingerprint density at radius 3 is 1.83 bits per heavy atom. The van der Waals surface area contributed by atoms with E-state index in [9.17, 15) is 14.8 Å². The molecule has 0 saturated heterocycles. The van der Waals surface area contributed by atoms with E-state index in [0.717, 1.165) is 38.9 Å². The first-order valence-corrected chi connectivity index (χ1v) is 17.3. The van der Waals surface area contributed by atoms with E-state index < -0.39 is 7.12 Å². The van der Waals surface area contributed by atoms with Crippen LogP contribution in [0.25, 0.3) is 11.1 Å². The van der Waals surface area contributed by atoms with Gasteiger partial charge < -0.3 is 25.0 Å². The fourth-order valence-corrected chi connectivity index (χ4v) is 6.19. The van der Waals surface area contributed by atoms with Gasteiger partial charge in [-0.1, -0.05) is 49.0 Å². The molecule has 4 aromatic heterocycles. The van der Waals surface area contributed by atoms with Crippen molar-refractivity contribution in [2.24, 2.45) is 0 Å². The minimum absolute atomic E-state index is 0.187. The maximum absolute atomic E-state index is 12.4. The standard InChI is InChI=1S/C41H41B2N5O5/c1-31(2)41(49)44-21-36-20-38(28-48(26-36)25-35-11-4-9-33(19-35)23-46-16-6-13-39(29-46)43(51)52)37-12-5-15-45(27-37)22-32-8-3-10-34(18-32)24-47-17-7-14-40(30-47)53-42-50/h3-20,26-30,50-52H,1,21-25H2,2H3/q+3/p+1. The topological polar surface area (TPSA) is 115 Å². The monoisotopic (exact) mass is 706 g/mol. The van der Waals surface area contributed by atoms with Crippen LogP contribution in [0.15, 0.2) is 153 Å². The Labute approximate surface area is 310 Å². The summed E-state index contributed by atoms with van der Waals surface area (Å²) in [7, 11) is -0.845. The van der Waals surface area contributed by atoms with Crippen molar-refractivity contribution in [3.8, 4) is 16.9 Å². The Morgan fingerprint density at radius 2 is 1.23 bits per heavy atom. The average Bonchev–Trinajstić information content (AvgIpc) is 3.14. The minimum Gasteiger partial charge on any atom is -0.533 e. The zero-order valence-electron chi connectivity index (χ0n) is 29.6. The molecule has 4 N–H and O–H groups in total. The van der Waals surface area contributed by atoms with Crippen LogP contribution in [0.3, 0.4) is 0 Å². The minimum atomic E-state index is -1.52. The van der Waals surface area contributed by atoms with Crippen LogP contribution in [0.2, 0.25) is 0 Å². The van der Waals surface area contributed by atoms with Gasteiger partial charge in [0, 0.05) is 63.6 Å². The van der Waals surface area contributed by atoms with Gasteiger partial charge in [-0.2, -0.15) is 9.13 Å². The number of nitrogens with one attached hydrogen (secondary N) is 1. The number of amides is 1. The largest absolute Gasteiger partial charge is 0.569 e. The molecule has 0 bridgehead atoms. The van der Waals surface area contributed by atoms with Crippen LogP contribution in [0.5, 0.6) is 5.75 Å². The molecule has 10 nitrogen and oxygen atoms in total. The van der Waals surface area contributed by atoms with E-state index in [2.05, 4.69) is 100 Å². The highest BCUT2D eigenvalue weighted by atomic mass is 16.5. The maximum atomic E-state index is 12.4. The molecule has 12 heteroatoms. The molecule has 4 heterocycles. The molecule has 0 unspecified atom stereocenters. The number of rotatable bonds is 15. The number of hydrogen-bond donors (Lipinski definition) is 4. The number of aromatic nitrogens is 4. The second kappa shape index (κ2) is 17.5. The lowest BCUT2D eigenvalue weighted by molar-refractivity contribution is -0.690. The summed E-state index contributed by atoms with van der Waals surface area (Å²) in [4.78, 5) is 12.4. The van der Waals surface area contributed by atoms with E-state index in [4.69, 9.17) is 9.68 Å². The fourth-order valence-electron chi connectivity index (χ4n) is 6.19. The van der Waals surface area contributed by atoms with E-state index in [-0.39, 0.29) is 5.91 Å². The van der Waals surface area contributed by atoms with Gasteiger partial charge in [-0.05, 0) is 37.3 Å². The van der Waals surface area contributed by atoms with Gasteiger partial charge in [-0.25, -0.2) is 9.13 Å². The average molecular weight is 706 g/mol. The van der Waals surface area contributed by atoms with E-state index >= 15 is 0 Å². The molecule has 1 radical (unpaired) electrons. The van der Waals surface area contributed by atoms with Crippen molar-refractivity contribution >= 4 is 26.2 Å². The van der Waals surface area contributed by atoms with Crippen LogP contribution in [0, 0.1) is 0 Å².